The highest BCUT2D eigenvalue weighted by molar-refractivity contribution is 9.12. The van der Waals surface area contributed by atoms with Gasteiger partial charge in [-0.1, -0.05) is 32.6 Å². The molecular weight excluding hydrogens is 188 g/mol. The number of hydrogen-bond acceptors (Lipinski definition) is 0. The molecule has 0 nitrogen and oxygen atoms in total. The molecule has 0 N–H and O–H groups in total. The summed E-state index contributed by atoms with van der Waals surface area (Å²) >= 11 is 3.12. The SMILES string of the molecule is CCCCC(C#CBr)CC. The van der Waals surface area contributed by atoms with Crippen LogP contribution < -0.4 is 0 Å². The summed E-state index contributed by atoms with van der Waals surface area (Å²) in [5, 5.41) is 0. The molecule has 1 atom stereocenters. The zero-order valence-electron chi connectivity index (χ0n) is 6.78. The van der Waals surface area contributed by atoms with Crippen molar-refractivity contribution < 1.29 is 0 Å². The van der Waals surface area contributed by atoms with Crippen LogP contribution in [0.5, 0.6) is 0 Å². The monoisotopic (exact) mass is 202 g/mol. The van der Waals surface area contributed by atoms with Crippen LogP contribution in [0.3, 0.4) is 0 Å². The minimum atomic E-state index is 0.610. The molecule has 0 fully saturated rings. The van der Waals surface area contributed by atoms with E-state index in [4.69, 9.17) is 0 Å². The predicted molar refractivity (Wildman–Crippen MR) is 50.0 cm³/mol. The van der Waals surface area contributed by atoms with Crippen molar-refractivity contribution in [3.63, 3.8) is 0 Å². The molecule has 0 aromatic rings. The van der Waals surface area contributed by atoms with E-state index < -0.39 is 0 Å². The van der Waals surface area contributed by atoms with Crippen molar-refractivity contribution in [3.05, 3.63) is 0 Å². The van der Waals surface area contributed by atoms with Crippen molar-refractivity contribution >= 4 is 15.9 Å². The van der Waals surface area contributed by atoms with Gasteiger partial charge in [-0.25, -0.2) is 0 Å². The molecule has 0 aliphatic carbocycles. The normalized spacial score (nSPS) is 11.9. The molecule has 0 saturated carbocycles. The van der Waals surface area contributed by atoms with E-state index in [0.717, 1.165) is 0 Å². The van der Waals surface area contributed by atoms with E-state index in [-0.39, 0.29) is 0 Å². The maximum Gasteiger partial charge on any atom is 0.0209 e. The Morgan fingerprint density at radius 2 is 2.10 bits per heavy atom. The molecule has 0 radical (unpaired) electrons. The van der Waals surface area contributed by atoms with Gasteiger partial charge in [0.2, 0.25) is 0 Å². The summed E-state index contributed by atoms with van der Waals surface area (Å²) in [7, 11) is 0. The van der Waals surface area contributed by atoms with Gasteiger partial charge in [-0.05, 0) is 17.7 Å². The summed E-state index contributed by atoms with van der Waals surface area (Å²) in [6.45, 7) is 4.41. The van der Waals surface area contributed by atoms with Gasteiger partial charge in [-0.15, -0.1) is 0 Å². The van der Waals surface area contributed by atoms with Crippen LogP contribution in [0.2, 0.25) is 0 Å². The average molecular weight is 203 g/mol. The van der Waals surface area contributed by atoms with Crippen LogP contribution in [0.25, 0.3) is 0 Å². The molecule has 0 bridgehead atoms. The Labute approximate surface area is 72.5 Å². The average Bonchev–Trinajstić information content (AvgIpc) is 1.98. The standard InChI is InChI=1S/C9H15Br/c1-3-5-6-9(4-2)7-8-10/h9H,3-6H2,1-2H3. The molecule has 0 saturated heterocycles. The van der Waals surface area contributed by atoms with Crippen LogP contribution in [0, 0.1) is 16.7 Å². The minimum Gasteiger partial charge on any atom is -0.0874 e. The van der Waals surface area contributed by atoms with Gasteiger partial charge in [0.25, 0.3) is 0 Å². The Bertz CT molecular complexity index is 118. The smallest absolute Gasteiger partial charge is 0.0209 e. The number of halogens is 1. The highest BCUT2D eigenvalue weighted by atomic mass is 79.9. The summed E-state index contributed by atoms with van der Waals surface area (Å²) in [6, 6.07) is 0. The van der Waals surface area contributed by atoms with Gasteiger partial charge in [0.05, 0.1) is 0 Å². The lowest BCUT2D eigenvalue weighted by Gasteiger charge is -2.04. The van der Waals surface area contributed by atoms with Crippen molar-refractivity contribution in [1.29, 1.82) is 0 Å². The van der Waals surface area contributed by atoms with Crippen LogP contribution in [0.15, 0.2) is 0 Å². The quantitative estimate of drug-likeness (QED) is 0.613. The van der Waals surface area contributed by atoms with Crippen LogP contribution >= 0.6 is 15.9 Å². The Hall–Kier alpha value is 0.0400. The summed E-state index contributed by atoms with van der Waals surface area (Å²) in [5.74, 6) is 3.74. The van der Waals surface area contributed by atoms with E-state index in [1.165, 1.54) is 25.7 Å². The lowest BCUT2D eigenvalue weighted by Crippen LogP contribution is -1.93. The van der Waals surface area contributed by atoms with E-state index in [1.807, 2.05) is 0 Å². The summed E-state index contributed by atoms with van der Waals surface area (Å²) in [6.07, 6.45) is 5.02. The Morgan fingerprint density at radius 3 is 2.50 bits per heavy atom. The first-order valence-corrected chi connectivity index (χ1v) is 4.75. The zero-order valence-corrected chi connectivity index (χ0v) is 8.37. The molecule has 0 rings (SSSR count). The summed E-state index contributed by atoms with van der Waals surface area (Å²) in [5.41, 5.74) is 0. The van der Waals surface area contributed by atoms with Crippen molar-refractivity contribution in [2.24, 2.45) is 5.92 Å². The molecule has 10 heavy (non-hydrogen) atoms. The first-order valence-electron chi connectivity index (χ1n) is 3.96. The highest BCUT2D eigenvalue weighted by Crippen LogP contribution is 2.10. The highest BCUT2D eigenvalue weighted by Gasteiger charge is 1.99. The van der Waals surface area contributed by atoms with E-state index >= 15 is 0 Å². The Balaban J connectivity index is 3.46. The molecule has 0 aliphatic heterocycles. The third-order valence-corrected chi connectivity index (χ3v) is 1.89. The second-order valence-corrected chi connectivity index (χ2v) is 2.88. The van der Waals surface area contributed by atoms with Crippen molar-refractivity contribution in [1.82, 2.24) is 0 Å². The molecule has 58 valence electrons. The number of rotatable bonds is 4. The first-order chi connectivity index (χ1) is 4.85. The molecule has 0 aliphatic rings. The van der Waals surface area contributed by atoms with Crippen molar-refractivity contribution in [2.45, 2.75) is 39.5 Å². The van der Waals surface area contributed by atoms with Gasteiger partial charge < -0.3 is 0 Å². The van der Waals surface area contributed by atoms with Crippen LogP contribution in [-0.2, 0) is 0 Å². The maximum absolute atomic E-state index is 3.13. The van der Waals surface area contributed by atoms with Crippen LogP contribution in [0.4, 0.5) is 0 Å². The second kappa shape index (κ2) is 7.15. The molecule has 0 heterocycles. The fraction of sp³-hybridized carbons (Fsp3) is 0.778. The van der Waals surface area contributed by atoms with Gasteiger partial charge >= 0.3 is 0 Å². The van der Waals surface area contributed by atoms with Crippen LogP contribution in [-0.4, -0.2) is 0 Å². The van der Waals surface area contributed by atoms with Gasteiger partial charge in [-0.3, -0.25) is 0 Å². The van der Waals surface area contributed by atoms with Crippen LogP contribution in [0.1, 0.15) is 39.5 Å². The second-order valence-electron chi connectivity index (χ2n) is 2.49. The van der Waals surface area contributed by atoms with E-state index in [2.05, 4.69) is 40.5 Å². The van der Waals surface area contributed by atoms with Gasteiger partial charge in [0.15, 0.2) is 0 Å². The third-order valence-electron chi connectivity index (χ3n) is 1.66. The maximum atomic E-state index is 3.13. The largest absolute Gasteiger partial charge is 0.0874 e. The van der Waals surface area contributed by atoms with Crippen molar-refractivity contribution in [3.8, 4) is 10.8 Å². The summed E-state index contributed by atoms with van der Waals surface area (Å²) < 4.78 is 0. The molecule has 1 unspecified atom stereocenters. The van der Waals surface area contributed by atoms with Gasteiger partial charge in [-0.2, -0.15) is 0 Å². The predicted octanol–water partition coefficient (Wildman–Crippen LogP) is 3.56. The Kier molecular flexibility index (Phi) is 7.18. The number of hydrogen-bond donors (Lipinski definition) is 0. The molecule has 1 heteroatoms. The van der Waals surface area contributed by atoms with Gasteiger partial charge in [0, 0.05) is 21.8 Å². The van der Waals surface area contributed by atoms with E-state index in [0.29, 0.717) is 5.92 Å². The Morgan fingerprint density at radius 1 is 1.40 bits per heavy atom. The summed E-state index contributed by atoms with van der Waals surface area (Å²) in [4.78, 5) is 2.79. The van der Waals surface area contributed by atoms with E-state index in [1.54, 1.807) is 0 Å². The molecule has 0 aromatic heterocycles. The fourth-order valence-electron chi connectivity index (χ4n) is 0.906. The zero-order chi connectivity index (χ0) is 7.82. The lowest BCUT2D eigenvalue weighted by molar-refractivity contribution is 0.556. The topological polar surface area (TPSA) is 0 Å². The minimum absolute atomic E-state index is 0.610. The number of unbranched alkanes of at least 4 members (excludes halogenated alkanes) is 1. The first kappa shape index (κ1) is 10.0. The van der Waals surface area contributed by atoms with Crippen molar-refractivity contribution in [2.75, 3.05) is 0 Å². The molecular formula is C9H15Br. The lowest BCUT2D eigenvalue weighted by atomic mass is 10.0. The third kappa shape index (κ3) is 4.88. The molecule has 0 spiro atoms. The van der Waals surface area contributed by atoms with Gasteiger partial charge in [0.1, 0.15) is 0 Å². The fourth-order valence-corrected chi connectivity index (χ4v) is 1.23. The molecule has 0 amide bonds. The molecule has 0 aromatic carbocycles. The van der Waals surface area contributed by atoms with E-state index in [9.17, 15) is 0 Å².